The second kappa shape index (κ2) is 17.2. The van der Waals surface area contributed by atoms with Crippen molar-refractivity contribution in [3.63, 3.8) is 0 Å². The first kappa shape index (κ1) is 33.5. The van der Waals surface area contributed by atoms with Crippen molar-refractivity contribution >= 4 is 30.4 Å². The highest BCUT2D eigenvalue weighted by atomic mass is 16.5. The number of methoxy groups -OCH3 is 1. The first-order chi connectivity index (χ1) is 20.7. The Morgan fingerprint density at radius 3 is 1.91 bits per heavy atom. The van der Waals surface area contributed by atoms with Crippen molar-refractivity contribution in [3.8, 4) is 0 Å². The number of ether oxygens (including phenoxy) is 2. The van der Waals surface area contributed by atoms with Crippen molar-refractivity contribution in [3.05, 3.63) is 102 Å². The molecule has 228 valence electrons. The molecular weight excluding hydrogens is 549 g/mol. The molecule has 3 aromatic carbocycles. The van der Waals surface area contributed by atoms with Gasteiger partial charge in [0.15, 0.2) is 6.04 Å². The lowest BCUT2D eigenvalue weighted by atomic mass is 9.80. The van der Waals surface area contributed by atoms with Gasteiger partial charge >= 0.3 is 13.1 Å². The Kier molecular flexibility index (Phi) is 13.4. The fourth-order valence-corrected chi connectivity index (χ4v) is 4.44. The molecule has 43 heavy (non-hydrogen) atoms. The predicted molar refractivity (Wildman–Crippen MR) is 164 cm³/mol. The van der Waals surface area contributed by atoms with Crippen LogP contribution in [0.1, 0.15) is 30.5 Å². The van der Waals surface area contributed by atoms with Crippen molar-refractivity contribution in [2.75, 3.05) is 13.7 Å². The Morgan fingerprint density at radius 2 is 1.35 bits per heavy atom. The Labute approximate surface area is 252 Å². The summed E-state index contributed by atoms with van der Waals surface area (Å²) in [6.07, 6.45) is 0.201. The zero-order valence-corrected chi connectivity index (χ0v) is 24.7. The van der Waals surface area contributed by atoms with E-state index in [0.29, 0.717) is 12.0 Å². The maximum atomic E-state index is 13.6. The molecule has 0 heterocycles. The van der Waals surface area contributed by atoms with E-state index in [9.17, 15) is 24.4 Å². The molecule has 0 aliphatic carbocycles. The Bertz CT molecular complexity index is 1290. The van der Waals surface area contributed by atoms with Crippen molar-refractivity contribution in [1.29, 1.82) is 0 Å². The molecule has 0 spiro atoms. The zero-order valence-electron chi connectivity index (χ0n) is 24.7. The molecule has 0 bridgehead atoms. The van der Waals surface area contributed by atoms with Crippen LogP contribution in [0.25, 0.3) is 0 Å². The molecule has 0 fully saturated rings. The lowest BCUT2D eigenvalue weighted by Crippen LogP contribution is -2.57. The average Bonchev–Trinajstić information content (AvgIpc) is 3.01. The molecule has 0 saturated carbocycles. The third kappa shape index (κ3) is 11.0. The monoisotopic (exact) mass is 589 g/mol. The number of hydrogen-bond acceptors (Lipinski definition) is 8. The van der Waals surface area contributed by atoms with E-state index < -0.39 is 37.1 Å². The maximum absolute atomic E-state index is 13.6. The highest BCUT2D eigenvalue weighted by molar-refractivity contribution is 6.58. The Hall–Kier alpha value is -4.03. The summed E-state index contributed by atoms with van der Waals surface area (Å²) in [6.45, 7) is 4.27. The summed E-state index contributed by atoms with van der Waals surface area (Å²) >= 11 is 0. The Morgan fingerprint density at radius 1 is 0.767 bits per heavy atom. The van der Waals surface area contributed by atoms with Crippen LogP contribution in [0.15, 0.2) is 84.9 Å². The standard InChI is InChI=1S/C32H40BN3O7/c1-22(2)29(34-19-24-14-16-26(17-15-24)33(40)41)31(38)35-27(18-23-10-6-4-7-11-23)30(37)36-28(32(39)42-3)21-43-20-25-12-8-5-9-13-25/h4-17,22,27-29,34,40-41H,18-21H2,1-3H3,(H,35,38)(H,36,37)/t27-,28-,29-/m0/s1. The number of benzene rings is 3. The van der Waals surface area contributed by atoms with E-state index >= 15 is 0 Å². The van der Waals surface area contributed by atoms with E-state index in [1.165, 1.54) is 7.11 Å². The van der Waals surface area contributed by atoms with E-state index in [4.69, 9.17) is 9.47 Å². The molecule has 0 unspecified atom stereocenters. The smallest absolute Gasteiger partial charge is 0.467 e. The van der Waals surface area contributed by atoms with E-state index in [2.05, 4.69) is 16.0 Å². The highest BCUT2D eigenvalue weighted by Gasteiger charge is 2.30. The summed E-state index contributed by atoms with van der Waals surface area (Å²) in [6, 6.07) is 22.7. The molecule has 0 aliphatic rings. The van der Waals surface area contributed by atoms with Gasteiger partial charge in [-0.25, -0.2) is 4.79 Å². The van der Waals surface area contributed by atoms with Gasteiger partial charge in [0.05, 0.1) is 26.4 Å². The van der Waals surface area contributed by atoms with Crippen molar-refractivity contribution in [1.82, 2.24) is 16.0 Å². The summed E-state index contributed by atoms with van der Waals surface area (Å²) in [5.74, 6) is -1.69. The number of carbonyl (C=O) groups excluding carboxylic acids is 3. The lowest BCUT2D eigenvalue weighted by Gasteiger charge is -2.26. The minimum atomic E-state index is -1.56. The number of rotatable bonds is 16. The normalized spacial score (nSPS) is 13.1. The SMILES string of the molecule is COC(=O)[C@H](COCc1ccccc1)NC(=O)[C@H](Cc1ccccc1)NC(=O)[C@@H](NCc1ccc(B(O)O)cc1)C(C)C. The summed E-state index contributed by atoms with van der Waals surface area (Å²) in [7, 11) is -0.321. The minimum absolute atomic E-state index is 0.110. The largest absolute Gasteiger partial charge is 0.488 e. The quantitative estimate of drug-likeness (QED) is 0.123. The van der Waals surface area contributed by atoms with Gasteiger partial charge in [-0.2, -0.15) is 0 Å². The molecule has 5 N–H and O–H groups in total. The van der Waals surface area contributed by atoms with Crippen LogP contribution < -0.4 is 21.4 Å². The third-order valence-corrected chi connectivity index (χ3v) is 6.87. The first-order valence-electron chi connectivity index (χ1n) is 14.2. The van der Waals surface area contributed by atoms with E-state index in [0.717, 1.165) is 16.7 Å². The van der Waals surface area contributed by atoms with E-state index in [1.807, 2.05) is 74.5 Å². The number of carbonyl (C=O) groups is 3. The van der Waals surface area contributed by atoms with Crippen molar-refractivity contribution in [2.24, 2.45) is 5.92 Å². The van der Waals surface area contributed by atoms with Gasteiger partial charge in [-0.15, -0.1) is 0 Å². The van der Waals surface area contributed by atoms with Gasteiger partial charge in [-0.1, -0.05) is 98.8 Å². The minimum Gasteiger partial charge on any atom is -0.467 e. The van der Waals surface area contributed by atoms with Gasteiger partial charge < -0.3 is 35.5 Å². The number of esters is 1. The van der Waals surface area contributed by atoms with E-state index in [1.54, 1.807) is 24.3 Å². The first-order valence-corrected chi connectivity index (χ1v) is 14.2. The van der Waals surface area contributed by atoms with Gasteiger partial charge in [0.1, 0.15) is 6.04 Å². The number of nitrogens with one attached hydrogen (secondary N) is 3. The summed E-state index contributed by atoms with van der Waals surface area (Å²) in [4.78, 5) is 39.6. The molecule has 0 radical (unpaired) electrons. The van der Waals surface area contributed by atoms with Crippen LogP contribution in [-0.4, -0.2) is 66.8 Å². The fourth-order valence-electron chi connectivity index (χ4n) is 4.44. The molecule has 0 saturated heterocycles. The Balaban J connectivity index is 1.70. The van der Waals surface area contributed by atoms with Crippen LogP contribution in [0.5, 0.6) is 0 Å². The molecule has 0 aliphatic heterocycles. The zero-order chi connectivity index (χ0) is 31.2. The van der Waals surface area contributed by atoms with E-state index in [-0.39, 0.29) is 31.5 Å². The van der Waals surface area contributed by atoms with Crippen molar-refractivity contribution < 1.29 is 33.9 Å². The van der Waals surface area contributed by atoms with Gasteiger partial charge in [-0.05, 0) is 28.1 Å². The van der Waals surface area contributed by atoms with Crippen LogP contribution >= 0.6 is 0 Å². The molecule has 11 heteroatoms. The predicted octanol–water partition coefficient (Wildman–Crippen LogP) is 1.08. The lowest BCUT2D eigenvalue weighted by molar-refractivity contribution is -0.147. The topological polar surface area (TPSA) is 146 Å². The number of hydrogen-bond donors (Lipinski definition) is 5. The maximum Gasteiger partial charge on any atom is 0.488 e. The third-order valence-electron chi connectivity index (χ3n) is 6.87. The second-order valence-corrected chi connectivity index (χ2v) is 10.6. The summed E-state index contributed by atoms with van der Waals surface area (Å²) < 4.78 is 10.6. The molecule has 3 aromatic rings. The average molecular weight is 589 g/mol. The van der Waals surface area contributed by atoms with Crippen molar-refractivity contribution in [2.45, 2.75) is 51.5 Å². The van der Waals surface area contributed by atoms with Crippen LogP contribution in [-0.2, 0) is 43.4 Å². The summed E-state index contributed by atoms with van der Waals surface area (Å²) in [5, 5.41) is 27.5. The molecular formula is C32H40BN3O7. The highest BCUT2D eigenvalue weighted by Crippen LogP contribution is 2.09. The number of amides is 2. The summed E-state index contributed by atoms with van der Waals surface area (Å²) in [5.41, 5.74) is 2.96. The molecule has 10 nitrogen and oxygen atoms in total. The van der Waals surface area contributed by atoms with Gasteiger partial charge in [-0.3, -0.25) is 9.59 Å². The van der Waals surface area contributed by atoms with Gasteiger partial charge in [0, 0.05) is 13.0 Å². The second-order valence-electron chi connectivity index (χ2n) is 10.6. The molecule has 3 atom stereocenters. The van der Waals surface area contributed by atoms with Gasteiger partial charge in [0.2, 0.25) is 11.8 Å². The van der Waals surface area contributed by atoms with Crippen LogP contribution in [0.4, 0.5) is 0 Å². The fraction of sp³-hybridized carbons (Fsp3) is 0.344. The molecule has 2 amide bonds. The van der Waals surface area contributed by atoms with Crippen LogP contribution in [0.3, 0.4) is 0 Å². The molecule has 0 aromatic heterocycles. The van der Waals surface area contributed by atoms with Crippen LogP contribution in [0, 0.1) is 5.92 Å². The van der Waals surface area contributed by atoms with Gasteiger partial charge in [0.25, 0.3) is 0 Å². The van der Waals surface area contributed by atoms with Crippen LogP contribution in [0.2, 0.25) is 0 Å². The molecule has 3 rings (SSSR count).